The molecule has 0 aromatic heterocycles. The fourth-order valence-corrected chi connectivity index (χ4v) is 2.74. The quantitative estimate of drug-likeness (QED) is 0.517. The Labute approximate surface area is 165 Å². The summed E-state index contributed by atoms with van der Waals surface area (Å²) in [6, 6.07) is 12.7. The highest BCUT2D eigenvalue weighted by Gasteiger charge is 2.07. The largest absolute Gasteiger partial charge is 0.376 e. The molecule has 0 radical (unpaired) electrons. The number of amides is 2. The van der Waals surface area contributed by atoms with Crippen molar-refractivity contribution in [2.75, 3.05) is 22.5 Å². The van der Waals surface area contributed by atoms with Crippen LogP contribution in [0.2, 0.25) is 5.02 Å². The Hall–Kier alpha value is -2.53. The second-order valence-corrected chi connectivity index (χ2v) is 6.88. The molecule has 144 valence electrons. The molecule has 5 nitrogen and oxygen atoms in total. The second kappa shape index (κ2) is 10.6. The van der Waals surface area contributed by atoms with Gasteiger partial charge in [0.25, 0.3) is 0 Å². The molecule has 0 fully saturated rings. The maximum absolute atomic E-state index is 12.2. The molecule has 2 rings (SSSR count). The smallest absolute Gasteiger partial charge is 0.243 e. The van der Waals surface area contributed by atoms with Crippen molar-refractivity contribution in [1.29, 1.82) is 0 Å². The number of rotatable bonds is 9. The zero-order valence-electron chi connectivity index (χ0n) is 15.8. The standard InChI is InChI=1S/C21H26ClN3O2/c1-3-4-5-9-20(26)24-18-8-6-7-17(13-18)23-14-21(27)25-19-12-16(22)11-10-15(19)2/h6-8,10-13,23H,3-5,9,14H2,1-2H3,(H,24,26)(H,25,27). The van der Waals surface area contributed by atoms with Crippen molar-refractivity contribution in [2.24, 2.45) is 0 Å². The van der Waals surface area contributed by atoms with Crippen LogP contribution in [0.3, 0.4) is 0 Å². The first-order chi connectivity index (χ1) is 13.0. The molecule has 0 heterocycles. The van der Waals surface area contributed by atoms with Gasteiger partial charge in [-0.05, 0) is 49.2 Å². The Morgan fingerprint density at radius 2 is 1.74 bits per heavy atom. The fourth-order valence-electron chi connectivity index (χ4n) is 2.57. The summed E-state index contributed by atoms with van der Waals surface area (Å²) in [6.45, 7) is 4.13. The van der Waals surface area contributed by atoms with Crippen LogP contribution in [0.25, 0.3) is 0 Å². The van der Waals surface area contributed by atoms with Crippen molar-refractivity contribution in [3.8, 4) is 0 Å². The molecule has 0 aliphatic rings. The molecule has 2 amide bonds. The van der Waals surface area contributed by atoms with Crippen LogP contribution in [0.5, 0.6) is 0 Å². The first-order valence-electron chi connectivity index (χ1n) is 9.17. The number of hydrogen-bond acceptors (Lipinski definition) is 3. The molecule has 0 bridgehead atoms. The first kappa shape index (κ1) is 20.8. The van der Waals surface area contributed by atoms with Crippen molar-refractivity contribution in [2.45, 2.75) is 39.5 Å². The number of carbonyl (C=O) groups is 2. The van der Waals surface area contributed by atoms with E-state index in [1.165, 1.54) is 0 Å². The van der Waals surface area contributed by atoms with Gasteiger partial charge >= 0.3 is 0 Å². The summed E-state index contributed by atoms with van der Waals surface area (Å²) in [7, 11) is 0. The summed E-state index contributed by atoms with van der Waals surface area (Å²) in [4.78, 5) is 24.1. The van der Waals surface area contributed by atoms with Crippen LogP contribution in [-0.4, -0.2) is 18.4 Å². The summed E-state index contributed by atoms with van der Waals surface area (Å²) in [6.07, 6.45) is 3.55. The van der Waals surface area contributed by atoms with E-state index in [1.54, 1.807) is 12.1 Å². The molecule has 0 saturated heterocycles. The second-order valence-electron chi connectivity index (χ2n) is 6.45. The third-order valence-corrected chi connectivity index (χ3v) is 4.32. The maximum Gasteiger partial charge on any atom is 0.243 e. The molecule has 0 aliphatic carbocycles. The third-order valence-electron chi connectivity index (χ3n) is 4.08. The molecule has 0 unspecified atom stereocenters. The predicted octanol–water partition coefficient (Wildman–Crippen LogP) is 5.22. The van der Waals surface area contributed by atoms with E-state index in [9.17, 15) is 9.59 Å². The van der Waals surface area contributed by atoms with Gasteiger partial charge in [0, 0.05) is 28.5 Å². The average Bonchev–Trinajstić information content (AvgIpc) is 2.63. The fraction of sp³-hybridized carbons (Fsp3) is 0.333. The Kier molecular flexibility index (Phi) is 8.14. The van der Waals surface area contributed by atoms with Gasteiger partial charge in [-0.25, -0.2) is 0 Å². The van der Waals surface area contributed by atoms with Crippen molar-refractivity contribution >= 4 is 40.5 Å². The van der Waals surface area contributed by atoms with Crippen LogP contribution in [0.4, 0.5) is 17.1 Å². The minimum atomic E-state index is -0.172. The number of aryl methyl sites for hydroxylation is 1. The number of anilines is 3. The summed E-state index contributed by atoms with van der Waals surface area (Å²) in [5, 5.41) is 9.37. The van der Waals surface area contributed by atoms with Crippen molar-refractivity contribution < 1.29 is 9.59 Å². The zero-order valence-corrected chi connectivity index (χ0v) is 16.5. The number of carbonyl (C=O) groups excluding carboxylic acids is 2. The van der Waals surface area contributed by atoms with Crippen LogP contribution in [0.15, 0.2) is 42.5 Å². The van der Waals surface area contributed by atoms with Crippen LogP contribution >= 0.6 is 11.6 Å². The SMILES string of the molecule is CCCCCC(=O)Nc1cccc(NCC(=O)Nc2cc(Cl)ccc2C)c1. The van der Waals surface area contributed by atoms with E-state index in [0.29, 0.717) is 22.8 Å². The summed E-state index contributed by atoms with van der Waals surface area (Å²) < 4.78 is 0. The zero-order chi connectivity index (χ0) is 19.6. The highest BCUT2D eigenvalue weighted by atomic mass is 35.5. The van der Waals surface area contributed by atoms with Gasteiger partial charge < -0.3 is 16.0 Å². The molecule has 2 aromatic rings. The Morgan fingerprint density at radius 3 is 2.52 bits per heavy atom. The average molecular weight is 388 g/mol. The molecular formula is C21H26ClN3O2. The number of halogens is 1. The third kappa shape index (κ3) is 7.31. The van der Waals surface area contributed by atoms with Gasteiger partial charge in [-0.1, -0.05) is 43.5 Å². The molecular weight excluding hydrogens is 362 g/mol. The van der Waals surface area contributed by atoms with E-state index in [2.05, 4.69) is 22.9 Å². The first-order valence-corrected chi connectivity index (χ1v) is 9.55. The van der Waals surface area contributed by atoms with E-state index in [0.717, 1.165) is 30.5 Å². The minimum absolute atomic E-state index is 0.00905. The molecule has 0 atom stereocenters. The molecule has 27 heavy (non-hydrogen) atoms. The van der Waals surface area contributed by atoms with Gasteiger partial charge in [0.05, 0.1) is 6.54 Å². The molecule has 3 N–H and O–H groups in total. The summed E-state index contributed by atoms with van der Waals surface area (Å²) in [5.41, 5.74) is 3.12. The maximum atomic E-state index is 12.2. The normalized spacial score (nSPS) is 10.3. The number of benzene rings is 2. The number of unbranched alkanes of at least 4 members (excludes halogenated alkanes) is 2. The monoisotopic (exact) mass is 387 g/mol. The highest BCUT2D eigenvalue weighted by molar-refractivity contribution is 6.31. The molecule has 6 heteroatoms. The van der Waals surface area contributed by atoms with Gasteiger partial charge in [-0.15, -0.1) is 0 Å². The van der Waals surface area contributed by atoms with E-state index in [4.69, 9.17) is 11.6 Å². The molecule has 0 saturated carbocycles. The van der Waals surface area contributed by atoms with Gasteiger partial charge in [-0.2, -0.15) is 0 Å². The van der Waals surface area contributed by atoms with E-state index in [1.807, 2.05) is 37.3 Å². The van der Waals surface area contributed by atoms with Crippen LogP contribution in [-0.2, 0) is 9.59 Å². The van der Waals surface area contributed by atoms with Crippen LogP contribution < -0.4 is 16.0 Å². The Morgan fingerprint density at radius 1 is 0.963 bits per heavy atom. The summed E-state index contributed by atoms with van der Waals surface area (Å²) in [5.74, 6) is -0.163. The van der Waals surface area contributed by atoms with Gasteiger partial charge in [0.2, 0.25) is 11.8 Å². The predicted molar refractivity (Wildman–Crippen MR) is 113 cm³/mol. The summed E-state index contributed by atoms with van der Waals surface area (Å²) >= 11 is 5.97. The molecule has 0 spiro atoms. The lowest BCUT2D eigenvalue weighted by Crippen LogP contribution is -2.22. The topological polar surface area (TPSA) is 70.2 Å². The van der Waals surface area contributed by atoms with Crippen molar-refractivity contribution in [1.82, 2.24) is 0 Å². The van der Waals surface area contributed by atoms with E-state index in [-0.39, 0.29) is 18.4 Å². The van der Waals surface area contributed by atoms with Gasteiger partial charge in [-0.3, -0.25) is 9.59 Å². The van der Waals surface area contributed by atoms with Gasteiger partial charge in [0.1, 0.15) is 0 Å². The van der Waals surface area contributed by atoms with Gasteiger partial charge in [0.15, 0.2) is 0 Å². The lowest BCUT2D eigenvalue weighted by Gasteiger charge is -2.11. The lowest BCUT2D eigenvalue weighted by atomic mass is 10.2. The minimum Gasteiger partial charge on any atom is -0.376 e. The van der Waals surface area contributed by atoms with Crippen LogP contribution in [0.1, 0.15) is 38.2 Å². The Bertz CT molecular complexity index is 793. The van der Waals surface area contributed by atoms with E-state index < -0.39 is 0 Å². The van der Waals surface area contributed by atoms with Crippen molar-refractivity contribution in [3.63, 3.8) is 0 Å². The van der Waals surface area contributed by atoms with E-state index >= 15 is 0 Å². The molecule has 0 aliphatic heterocycles. The lowest BCUT2D eigenvalue weighted by molar-refractivity contribution is -0.116. The highest BCUT2D eigenvalue weighted by Crippen LogP contribution is 2.20. The van der Waals surface area contributed by atoms with Crippen molar-refractivity contribution in [3.05, 3.63) is 53.1 Å². The van der Waals surface area contributed by atoms with Crippen LogP contribution in [0, 0.1) is 6.92 Å². The number of nitrogens with one attached hydrogen (secondary N) is 3. The number of hydrogen-bond donors (Lipinski definition) is 3. The molecule has 2 aromatic carbocycles. The Balaban J connectivity index is 1.85.